The van der Waals surface area contributed by atoms with E-state index in [9.17, 15) is 19.7 Å². The molecule has 0 bridgehead atoms. The maximum atomic E-state index is 11.9. The lowest BCUT2D eigenvalue weighted by molar-refractivity contribution is -0.402. The molecule has 1 amide bonds. The minimum absolute atomic E-state index is 0.0784. The summed E-state index contributed by atoms with van der Waals surface area (Å²) in [6.07, 6.45) is 3.13. The fourth-order valence-electron chi connectivity index (χ4n) is 2.77. The molecule has 1 fully saturated rings. The molecule has 0 aliphatic heterocycles. The summed E-state index contributed by atoms with van der Waals surface area (Å²) >= 11 is 0. The molecule has 0 saturated heterocycles. The molecule has 2 rings (SSSR count). The normalized spacial score (nSPS) is 24.0. The number of ether oxygens (including phenoxy) is 1. The van der Waals surface area contributed by atoms with E-state index < -0.39 is 23.4 Å². The summed E-state index contributed by atoms with van der Waals surface area (Å²) in [5, 5.41) is 13.4. The van der Waals surface area contributed by atoms with Gasteiger partial charge in [-0.25, -0.2) is 4.79 Å². The first-order valence-corrected chi connectivity index (χ1v) is 7.59. The standard InChI is InChI=1S/C15H20N2O6/c1-9-4-3-5-11(10(9)2)16-13(18)8-22-15(19)12-6-7-14(23-12)17(20)21/h6-7,9-11H,3-5,8H2,1-2H3,(H,16,18)/t9-,10+,11-/m0/s1. The van der Waals surface area contributed by atoms with Crippen molar-refractivity contribution in [3.05, 3.63) is 28.0 Å². The van der Waals surface area contributed by atoms with Crippen LogP contribution < -0.4 is 5.32 Å². The molecule has 1 N–H and O–H groups in total. The fraction of sp³-hybridized carbons (Fsp3) is 0.600. The van der Waals surface area contributed by atoms with Gasteiger partial charge in [0.1, 0.15) is 4.92 Å². The number of esters is 1. The molecule has 1 aromatic heterocycles. The van der Waals surface area contributed by atoms with Crippen LogP contribution in [-0.4, -0.2) is 29.4 Å². The van der Waals surface area contributed by atoms with E-state index in [1.54, 1.807) is 0 Å². The molecule has 23 heavy (non-hydrogen) atoms. The molecule has 1 aliphatic rings. The highest BCUT2D eigenvalue weighted by Crippen LogP contribution is 2.29. The molecule has 126 valence electrons. The van der Waals surface area contributed by atoms with Crippen LogP contribution in [0.25, 0.3) is 0 Å². The molecule has 1 saturated carbocycles. The Morgan fingerprint density at radius 2 is 2.13 bits per heavy atom. The van der Waals surface area contributed by atoms with Crippen LogP contribution in [0, 0.1) is 22.0 Å². The van der Waals surface area contributed by atoms with E-state index in [-0.39, 0.29) is 17.7 Å². The number of carbonyl (C=O) groups excluding carboxylic acids is 2. The number of carbonyl (C=O) groups is 2. The Morgan fingerprint density at radius 3 is 2.78 bits per heavy atom. The zero-order chi connectivity index (χ0) is 17.0. The highest BCUT2D eigenvalue weighted by Gasteiger charge is 2.28. The largest absolute Gasteiger partial charge is 0.450 e. The van der Waals surface area contributed by atoms with Crippen molar-refractivity contribution < 1.29 is 23.7 Å². The van der Waals surface area contributed by atoms with E-state index in [1.165, 1.54) is 0 Å². The van der Waals surface area contributed by atoms with Crippen molar-refractivity contribution in [2.24, 2.45) is 11.8 Å². The zero-order valence-electron chi connectivity index (χ0n) is 13.1. The number of amides is 1. The minimum Gasteiger partial charge on any atom is -0.450 e. The summed E-state index contributed by atoms with van der Waals surface area (Å²) < 4.78 is 9.53. The summed E-state index contributed by atoms with van der Waals surface area (Å²) in [5.41, 5.74) is 0. The predicted molar refractivity (Wildman–Crippen MR) is 79.8 cm³/mol. The van der Waals surface area contributed by atoms with Gasteiger partial charge >= 0.3 is 11.9 Å². The van der Waals surface area contributed by atoms with Gasteiger partial charge in [0, 0.05) is 6.04 Å². The van der Waals surface area contributed by atoms with Crippen molar-refractivity contribution in [2.45, 2.75) is 39.2 Å². The minimum atomic E-state index is -0.904. The molecule has 0 radical (unpaired) electrons. The van der Waals surface area contributed by atoms with Crippen molar-refractivity contribution in [3.63, 3.8) is 0 Å². The van der Waals surface area contributed by atoms with E-state index >= 15 is 0 Å². The highest BCUT2D eigenvalue weighted by molar-refractivity contribution is 5.89. The summed E-state index contributed by atoms with van der Waals surface area (Å²) in [7, 11) is 0. The van der Waals surface area contributed by atoms with Gasteiger partial charge < -0.3 is 14.5 Å². The Labute approximate surface area is 133 Å². The Kier molecular flexibility index (Phi) is 5.36. The molecule has 1 aromatic rings. The molecular weight excluding hydrogens is 304 g/mol. The summed E-state index contributed by atoms with van der Waals surface area (Å²) in [4.78, 5) is 33.3. The molecule has 1 heterocycles. The van der Waals surface area contributed by atoms with E-state index in [1.807, 2.05) is 0 Å². The van der Waals surface area contributed by atoms with Crippen LogP contribution in [0.4, 0.5) is 5.88 Å². The zero-order valence-corrected chi connectivity index (χ0v) is 13.1. The van der Waals surface area contributed by atoms with Crippen LogP contribution in [0.15, 0.2) is 16.5 Å². The SMILES string of the molecule is C[C@H]1[C@@H](NC(=O)COC(=O)c2ccc([N+](=O)[O-])o2)CCC[C@@H]1C. The third kappa shape index (κ3) is 4.30. The summed E-state index contributed by atoms with van der Waals surface area (Å²) in [6, 6.07) is 2.28. The fourth-order valence-corrected chi connectivity index (χ4v) is 2.77. The number of furan rings is 1. The number of hydrogen-bond acceptors (Lipinski definition) is 6. The number of nitrogens with one attached hydrogen (secondary N) is 1. The average Bonchev–Trinajstić information content (AvgIpc) is 3.00. The van der Waals surface area contributed by atoms with Gasteiger partial charge in [0.2, 0.25) is 5.76 Å². The highest BCUT2D eigenvalue weighted by atomic mass is 16.7. The van der Waals surface area contributed by atoms with Crippen molar-refractivity contribution in [1.82, 2.24) is 5.32 Å². The van der Waals surface area contributed by atoms with Crippen LogP contribution >= 0.6 is 0 Å². The van der Waals surface area contributed by atoms with Gasteiger partial charge in [0.15, 0.2) is 6.61 Å². The van der Waals surface area contributed by atoms with Gasteiger partial charge in [-0.2, -0.15) is 0 Å². The van der Waals surface area contributed by atoms with Gasteiger partial charge in [-0.3, -0.25) is 14.9 Å². The molecule has 3 atom stereocenters. The first-order valence-electron chi connectivity index (χ1n) is 7.59. The first-order chi connectivity index (χ1) is 10.9. The Hall–Kier alpha value is -2.38. The topological polar surface area (TPSA) is 112 Å². The third-order valence-electron chi connectivity index (χ3n) is 4.36. The lowest BCUT2D eigenvalue weighted by Crippen LogP contribution is -2.45. The first kappa shape index (κ1) is 17.0. The molecule has 0 spiro atoms. The van der Waals surface area contributed by atoms with Crippen molar-refractivity contribution >= 4 is 17.8 Å². The van der Waals surface area contributed by atoms with Crippen molar-refractivity contribution in [3.8, 4) is 0 Å². The van der Waals surface area contributed by atoms with E-state index in [4.69, 9.17) is 9.15 Å². The van der Waals surface area contributed by atoms with Crippen molar-refractivity contribution in [1.29, 1.82) is 0 Å². The predicted octanol–water partition coefficient (Wildman–Crippen LogP) is 2.29. The van der Waals surface area contributed by atoms with Gasteiger partial charge in [-0.1, -0.05) is 26.7 Å². The third-order valence-corrected chi connectivity index (χ3v) is 4.36. The van der Waals surface area contributed by atoms with Crippen LogP contribution in [-0.2, 0) is 9.53 Å². The van der Waals surface area contributed by atoms with E-state index in [2.05, 4.69) is 19.2 Å². The van der Waals surface area contributed by atoms with E-state index in [0.717, 1.165) is 31.4 Å². The molecule has 0 unspecified atom stereocenters. The lowest BCUT2D eigenvalue weighted by atomic mass is 9.78. The second-order valence-corrected chi connectivity index (χ2v) is 5.91. The monoisotopic (exact) mass is 324 g/mol. The van der Waals surface area contributed by atoms with Gasteiger partial charge in [0.05, 0.1) is 6.07 Å². The van der Waals surface area contributed by atoms with Crippen LogP contribution in [0.3, 0.4) is 0 Å². The Morgan fingerprint density at radius 1 is 1.39 bits per heavy atom. The Bertz CT molecular complexity index is 597. The van der Waals surface area contributed by atoms with Gasteiger partial charge in [-0.05, 0) is 24.3 Å². The lowest BCUT2D eigenvalue weighted by Gasteiger charge is -2.34. The smallest absolute Gasteiger partial charge is 0.433 e. The molecular formula is C15H20N2O6. The number of hydrogen-bond donors (Lipinski definition) is 1. The van der Waals surface area contributed by atoms with Crippen LogP contribution in [0.5, 0.6) is 0 Å². The quantitative estimate of drug-likeness (QED) is 0.505. The van der Waals surface area contributed by atoms with Gasteiger partial charge in [0.25, 0.3) is 5.91 Å². The summed E-state index contributed by atoms with van der Waals surface area (Å²) in [5.74, 6) is -1.23. The van der Waals surface area contributed by atoms with Crippen LogP contribution in [0.2, 0.25) is 0 Å². The summed E-state index contributed by atoms with van der Waals surface area (Å²) in [6.45, 7) is 3.82. The maximum absolute atomic E-state index is 11.9. The molecule has 0 aromatic carbocycles. The Balaban J connectivity index is 1.81. The number of nitrogens with zero attached hydrogens (tertiary/aromatic N) is 1. The molecule has 8 nitrogen and oxygen atoms in total. The van der Waals surface area contributed by atoms with Crippen LogP contribution in [0.1, 0.15) is 43.7 Å². The van der Waals surface area contributed by atoms with Gasteiger partial charge in [-0.15, -0.1) is 0 Å². The van der Waals surface area contributed by atoms with E-state index in [0.29, 0.717) is 11.8 Å². The second kappa shape index (κ2) is 7.26. The molecule has 1 aliphatic carbocycles. The second-order valence-electron chi connectivity index (χ2n) is 5.91. The number of nitro groups is 1. The number of rotatable bonds is 5. The molecule has 8 heteroatoms. The maximum Gasteiger partial charge on any atom is 0.433 e. The average molecular weight is 324 g/mol. The van der Waals surface area contributed by atoms with Crippen molar-refractivity contribution in [2.75, 3.05) is 6.61 Å².